The molecule has 0 aliphatic heterocycles. The van der Waals surface area contributed by atoms with Crippen molar-refractivity contribution in [2.45, 2.75) is 109 Å². The van der Waals surface area contributed by atoms with Crippen molar-refractivity contribution in [3.63, 3.8) is 0 Å². The molecule has 0 heterocycles. The van der Waals surface area contributed by atoms with E-state index in [1.165, 1.54) is 38.5 Å². The second-order valence-corrected chi connectivity index (χ2v) is 8.26. The van der Waals surface area contributed by atoms with Crippen molar-refractivity contribution in [2.24, 2.45) is 0 Å². The van der Waals surface area contributed by atoms with Gasteiger partial charge in [-0.25, -0.2) is 8.42 Å². The maximum absolute atomic E-state index is 10.4. The van der Waals surface area contributed by atoms with Gasteiger partial charge in [-0.3, -0.25) is 0 Å². The van der Waals surface area contributed by atoms with E-state index in [1.807, 2.05) is 0 Å². The van der Waals surface area contributed by atoms with Gasteiger partial charge in [-0.1, -0.05) is 84.0 Å². The molecule has 0 aromatic rings. The van der Waals surface area contributed by atoms with Gasteiger partial charge >= 0.3 is 51.4 Å². The number of aliphatic hydroxyl groups is 1. The zero-order valence-corrected chi connectivity index (χ0v) is 19.9. The molecule has 0 aliphatic carbocycles. The van der Waals surface area contributed by atoms with Gasteiger partial charge in [0.15, 0.2) is 0 Å². The Hall–Kier alpha value is 1.51. The number of rotatable bonds is 17. The molecule has 0 radical (unpaired) electrons. The van der Waals surface area contributed by atoms with Gasteiger partial charge in [0.1, 0.15) is 0 Å². The molecule has 0 rings (SSSR count). The summed E-state index contributed by atoms with van der Waals surface area (Å²) in [6, 6.07) is 0. The molecule has 0 saturated heterocycles. The molecule has 24 heavy (non-hydrogen) atoms. The van der Waals surface area contributed by atoms with E-state index in [0.717, 1.165) is 51.4 Å². The first-order chi connectivity index (χ1) is 11.0. The van der Waals surface area contributed by atoms with Gasteiger partial charge < -0.3 is 9.66 Å². The van der Waals surface area contributed by atoms with Crippen LogP contribution in [-0.4, -0.2) is 29.9 Å². The van der Waals surface area contributed by atoms with Gasteiger partial charge in [-0.05, 0) is 19.3 Å². The van der Waals surface area contributed by atoms with E-state index >= 15 is 0 Å². The molecule has 0 amide bonds. The van der Waals surface area contributed by atoms with Crippen LogP contribution in [0.3, 0.4) is 0 Å². The first-order valence-corrected chi connectivity index (χ1v) is 11.1. The minimum atomic E-state index is -4.03. The van der Waals surface area contributed by atoms with Crippen LogP contribution in [0, 0.1) is 0 Å². The summed E-state index contributed by atoms with van der Waals surface area (Å²) in [6.45, 7) is 2.23. The minimum absolute atomic E-state index is 0. The van der Waals surface area contributed by atoms with E-state index in [2.05, 4.69) is 6.92 Å². The van der Waals surface area contributed by atoms with Crippen LogP contribution in [0.15, 0.2) is 0 Å². The Morgan fingerprint density at radius 2 is 1.12 bits per heavy atom. The molecule has 0 aromatic heterocycles. The molecule has 0 aliphatic rings. The van der Waals surface area contributed by atoms with E-state index < -0.39 is 10.1 Å². The van der Waals surface area contributed by atoms with E-state index in [9.17, 15) is 18.1 Å². The van der Waals surface area contributed by atoms with Gasteiger partial charge in [0.25, 0.3) is 0 Å². The van der Waals surface area contributed by atoms with Crippen LogP contribution < -0.4 is 51.4 Å². The molecule has 1 atom stereocenters. The molecule has 1 unspecified atom stereocenters. The Morgan fingerprint density at radius 1 is 0.750 bits per heavy atom. The van der Waals surface area contributed by atoms with Crippen molar-refractivity contribution in [2.75, 3.05) is 5.75 Å². The predicted molar refractivity (Wildman–Crippen MR) is 95.5 cm³/mol. The number of hydrogen-bond donors (Lipinski definition) is 1. The molecule has 1 N–H and O–H groups in total. The van der Waals surface area contributed by atoms with Gasteiger partial charge in [0.2, 0.25) is 0 Å². The fourth-order valence-electron chi connectivity index (χ4n) is 2.85. The quantitative estimate of drug-likeness (QED) is 0.234. The fourth-order valence-corrected chi connectivity index (χ4v) is 3.40. The van der Waals surface area contributed by atoms with Gasteiger partial charge in [0.05, 0.1) is 16.2 Å². The monoisotopic (exact) mass is 388 g/mol. The van der Waals surface area contributed by atoms with Crippen LogP contribution in [0.2, 0.25) is 0 Å². The third kappa shape index (κ3) is 23.5. The SMILES string of the molecule is CCCCCCCCCC(O)CCCCCCCCS(=O)(=O)[O-].[K+]. The Labute approximate surface area is 192 Å². The first kappa shape index (κ1) is 27.7. The summed E-state index contributed by atoms with van der Waals surface area (Å²) in [4.78, 5) is 0. The van der Waals surface area contributed by atoms with Crippen molar-refractivity contribution in [3.8, 4) is 0 Å². The summed E-state index contributed by atoms with van der Waals surface area (Å²) in [7, 11) is -4.03. The van der Waals surface area contributed by atoms with Crippen molar-refractivity contribution in [3.05, 3.63) is 0 Å². The summed E-state index contributed by atoms with van der Waals surface area (Å²) in [5.41, 5.74) is 0. The zero-order valence-electron chi connectivity index (χ0n) is 16.0. The second-order valence-electron chi connectivity index (χ2n) is 6.74. The third-order valence-corrected chi connectivity index (χ3v) is 5.11. The third-order valence-electron chi connectivity index (χ3n) is 4.32. The standard InChI is InChI=1S/C18H38O4S.K/c1-2-3-4-5-6-9-12-15-18(19)16-13-10-7-8-11-14-17-23(20,21)22;/h18-19H,2-17H2,1H3,(H,20,21,22);/q;+1/p-1. The molecule has 6 heteroatoms. The number of hydrogen-bond acceptors (Lipinski definition) is 4. The van der Waals surface area contributed by atoms with Crippen LogP contribution in [-0.2, 0) is 10.1 Å². The van der Waals surface area contributed by atoms with Crippen molar-refractivity contribution >= 4 is 10.1 Å². The van der Waals surface area contributed by atoms with Crippen LogP contribution in [0.25, 0.3) is 0 Å². The summed E-state index contributed by atoms with van der Waals surface area (Å²) >= 11 is 0. The molecule has 0 saturated carbocycles. The van der Waals surface area contributed by atoms with Crippen molar-refractivity contribution < 1.29 is 69.5 Å². The largest absolute Gasteiger partial charge is 1.00 e. The Bertz CT molecular complexity index is 347. The van der Waals surface area contributed by atoms with Crippen LogP contribution in [0.5, 0.6) is 0 Å². The maximum Gasteiger partial charge on any atom is 1.00 e. The summed E-state index contributed by atoms with van der Waals surface area (Å²) in [6.07, 6.45) is 16.1. The van der Waals surface area contributed by atoms with Gasteiger partial charge in [0, 0.05) is 5.75 Å². The van der Waals surface area contributed by atoms with Crippen LogP contribution in [0.1, 0.15) is 103 Å². The molecule has 140 valence electrons. The summed E-state index contributed by atoms with van der Waals surface area (Å²) < 4.78 is 31.3. The van der Waals surface area contributed by atoms with E-state index in [0.29, 0.717) is 6.42 Å². The number of unbranched alkanes of at least 4 members (excludes halogenated alkanes) is 11. The molecule has 0 aromatic carbocycles. The first-order valence-electron chi connectivity index (χ1n) is 9.57. The fraction of sp³-hybridized carbons (Fsp3) is 1.00. The number of aliphatic hydroxyl groups excluding tert-OH is 1. The van der Waals surface area contributed by atoms with Gasteiger partial charge in [-0.2, -0.15) is 0 Å². The van der Waals surface area contributed by atoms with Crippen LogP contribution >= 0.6 is 0 Å². The Kier molecular flexibility index (Phi) is 22.3. The molecule has 0 fully saturated rings. The maximum atomic E-state index is 10.4. The van der Waals surface area contributed by atoms with E-state index in [1.54, 1.807) is 0 Å². The molecule has 0 bridgehead atoms. The Morgan fingerprint density at radius 3 is 1.54 bits per heavy atom. The summed E-state index contributed by atoms with van der Waals surface area (Å²) in [5.74, 6) is -0.232. The van der Waals surface area contributed by atoms with Crippen LogP contribution in [0.4, 0.5) is 0 Å². The topological polar surface area (TPSA) is 77.4 Å². The van der Waals surface area contributed by atoms with E-state index in [4.69, 9.17) is 0 Å². The average molecular weight is 389 g/mol. The Balaban J connectivity index is 0. The zero-order chi connectivity index (χ0) is 17.4. The smallest absolute Gasteiger partial charge is 0.748 e. The second kappa shape index (κ2) is 19.3. The van der Waals surface area contributed by atoms with Crippen molar-refractivity contribution in [1.82, 2.24) is 0 Å². The molecular formula is C18H37KO4S. The molecular weight excluding hydrogens is 351 g/mol. The minimum Gasteiger partial charge on any atom is -0.748 e. The molecule has 0 spiro atoms. The average Bonchev–Trinajstić information content (AvgIpc) is 2.48. The normalized spacial score (nSPS) is 12.8. The summed E-state index contributed by atoms with van der Waals surface area (Å²) in [5, 5.41) is 9.92. The molecule has 4 nitrogen and oxygen atoms in total. The van der Waals surface area contributed by atoms with Crippen molar-refractivity contribution in [1.29, 1.82) is 0 Å². The van der Waals surface area contributed by atoms with E-state index in [-0.39, 0.29) is 63.2 Å². The van der Waals surface area contributed by atoms with Gasteiger partial charge in [-0.15, -0.1) is 0 Å². The predicted octanol–water partition coefficient (Wildman–Crippen LogP) is 1.77.